The Morgan fingerprint density at radius 3 is 2.24 bits per heavy atom. The molecule has 0 amide bonds. The Balaban J connectivity index is 2.28. The van der Waals surface area contributed by atoms with Crippen molar-refractivity contribution in [2.75, 3.05) is 0 Å². The Kier molecular flexibility index (Phi) is 4.37. The van der Waals surface area contributed by atoms with Crippen molar-refractivity contribution in [2.45, 2.75) is 26.2 Å². The summed E-state index contributed by atoms with van der Waals surface area (Å²) in [6, 6.07) is 13.4. The molecule has 0 bridgehead atoms. The van der Waals surface area contributed by atoms with E-state index in [0.29, 0.717) is 11.3 Å². The van der Waals surface area contributed by atoms with Gasteiger partial charge in [-0.3, -0.25) is 5.41 Å². The number of amidine groups is 1. The summed E-state index contributed by atoms with van der Waals surface area (Å²) < 4.78 is 6.72. The highest BCUT2D eigenvalue weighted by Gasteiger charge is 2.14. The molecule has 0 unspecified atom stereocenters. The average Bonchev–Trinajstić information content (AvgIpc) is 2.40. The van der Waals surface area contributed by atoms with Gasteiger partial charge in [0.25, 0.3) is 0 Å². The number of benzene rings is 2. The fourth-order valence-electron chi connectivity index (χ4n) is 1.95. The van der Waals surface area contributed by atoms with E-state index in [0.717, 1.165) is 10.2 Å². The third-order valence-electron chi connectivity index (χ3n) is 3.18. The monoisotopic (exact) mass is 346 g/mol. The summed E-state index contributed by atoms with van der Waals surface area (Å²) in [5.41, 5.74) is 7.53. The predicted octanol–water partition coefficient (Wildman–Crippen LogP) is 4.82. The van der Waals surface area contributed by atoms with Crippen LogP contribution in [-0.4, -0.2) is 5.84 Å². The fraction of sp³-hybridized carbons (Fsp3) is 0.235. The highest BCUT2D eigenvalue weighted by molar-refractivity contribution is 9.10. The second-order valence-corrected chi connectivity index (χ2v) is 6.85. The number of hydrogen-bond donors (Lipinski definition) is 2. The van der Waals surface area contributed by atoms with Crippen molar-refractivity contribution in [3.63, 3.8) is 0 Å². The molecule has 0 radical (unpaired) electrons. The quantitative estimate of drug-likeness (QED) is 0.618. The van der Waals surface area contributed by atoms with Crippen molar-refractivity contribution >= 4 is 21.8 Å². The van der Waals surface area contributed by atoms with Gasteiger partial charge in [-0.2, -0.15) is 0 Å². The maximum Gasteiger partial charge on any atom is 0.138 e. The van der Waals surface area contributed by atoms with Crippen LogP contribution in [0.1, 0.15) is 31.9 Å². The van der Waals surface area contributed by atoms with E-state index in [9.17, 15) is 0 Å². The minimum absolute atomic E-state index is 0.0161. The summed E-state index contributed by atoms with van der Waals surface area (Å²) in [4.78, 5) is 0. The normalized spacial score (nSPS) is 11.2. The standard InChI is InChI=1S/C17H19BrN2O/c1-17(2,3)11-4-7-13(8-5-11)21-15-9-6-12(18)10-14(15)16(19)20/h4-10H,1-3H3,(H3,19,20). The van der Waals surface area contributed by atoms with Gasteiger partial charge in [0.15, 0.2) is 0 Å². The first-order valence-electron chi connectivity index (χ1n) is 6.70. The van der Waals surface area contributed by atoms with Gasteiger partial charge in [0.1, 0.15) is 17.3 Å². The number of halogens is 1. The lowest BCUT2D eigenvalue weighted by atomic mass is 9.87. The number of ether oxygens (including phenoxy) is 1. The molecule has 2 aromatic carbocycles. The zero-order chi connectivity index (χ0) is 15.6. The number of nitrogens with two attached hydrogens (primary N) is 1. The molecule has 3 N–H and O–H groups in total. The predicted molar refractivity (Wildman–Crippen MR) is 90.4 cm³/mol. The highest BCUT2D eigenvalue weighted by Crippen LogP contribution is 2.30. The largest absolute Gasteiger partial charge is 0.457 e. The van der Waals surface area contributed by atoms with Gasteiger partial charge in [0.2, 0.25) is 0 Å². The Morgan fingerprint density at radius 1 is 1.10 bits per heavy atom. The van der Waals surface area contributed by atoms with Gasteiger partial charge in [0, 0.05) is 4.47 Å². The first kappa shape index (κ1) is 15.6. The molecule has 110 valence electrons. The van der Waals surface area contributed by atoms with E-state index in [4.69, 9.17) is 15.9 Å². The van der Waals surface area contributed by atoms with Gasteiger partial charge in [-0.1, -0.05) is 48.8 Å². The third kappa shape index (κ3) is 3.85. The van der Waals surface area contributed by atoms with Crippen LogP contribution in [0.2, 0.25) is 0 Å². The van der Waals surface area contributed by atoms with E-state index < -0.39 is 0 Å². The molecule has 0 aromatic heterocycles. The molecule has 2 rings (SSSR count). The number of nitrogen functional groups attached to an aromatic ring is 1. The lowest BCUT2D eigenvalue weighted by Gasteiger charge is -2.19. The molecule has 0 fully saturated rings. The Hall–Kier alpha value is -1.81. The molecule has 4 heteroatoms. The van der Waals surface area contributed by atoms with Crippen molar-refractivity contribution < 1.29 is 4.74 Å². The molecular weight excluding hydrogens is 328 g/mol. The van der Waals surface area contributed by atoms with E-state index in [-0.39, 0.29) is 11.3 Å². The maximum absolute atomic E-state index is 7.63. The molecule has 0 saturated heterocycles. The van der Waals surface area contributed by atoms with E-state index in [1.54, 1.807) is 12.1 Å². The zero-order valence-corrected chi connectivity index (χ0v) is 14.0. The van der Waals surface area contributed by atoms with E-state index in [1.807, 2.05) is 18.2 Å². The van der Waals surface area contributed by atoms with Crippen LogP contribution in [0.3, 0.4) is 0 Å². The molecule has 0 saturated carbocycles. The van der Waals surface area contributed by atoms with Crippen molar-refractivity contribution in [1.29, 1.82) is 5.41 Å². The van der Waals surface area contributed by atoms with Crippen LogP contribution in [0.15, 0.2) is 46.9 Å². The first-order valence-corrected chi connectivity index (χ1v) is 7.49. The minimum Gasteiger partial charge on any atom is -0.457 e. The molecule has 0 spiro atoms. The smallest absolute Gasteiger partial charge is 0.138 e. The topological polar surface area (TPSA) is 59.1 Å². The van der Waals surface area contributed by atoms with Crippen molar-refractivity contribution in [2.24, 2.45) is 5.73 Å². The summed E-state index contributed by atoms with van der Waals surface area (Å²) in [7, 11) is 0. The van der Waals surface area contributed by atoms with Crippen molar-refractivity contribution in [3.05, 3.63) is 58.1 Å². The molecule has 3 nitrogen and oxygen atoms in total. The molecular formula is C17H19BrN2O. The van der Waals surface area contributed by atoms with E-state index >= 15 is 0 Å². The van der Waals surface area contributed by atoms with Crippen LogP contribution >= 0.6 is 15.9 Å². The van der Waals surface area contributed by atoms with Crippen LogP contribution in [-0.2, 0) is 5.41 Å². The Morgan fingerprint density at radius 2 is 1.71 bits per heavy atom. The molecule has 21 heavy (non-hydrogen) atoms. The van der Waals surface area contributed by atoms with Gasteiger partial charge >= 0.3 is 0 Å². The Bertz CT molecular complexity index is 657. The minimum atomic E-state index is -0.0161. The first-order chi connectivity index (χ1) is 9.77. The van der Waals surface area contributed by atoms with Gasteiger partial charge < -0.3 is 10.5 Å². The summed E-state index contributed by atoms with van der Waals surface area (Å²) in [5, 5.41) is 7.63. The number of rotatable bonds is 3. The van der Waals surface area contributed by atoms with Gasteiger partial charge in [-0.05, 0) is 41.3 Å². The SMILES string of the molecule is CC(C)(C)c1ccc(Oc2ccc(Br)cc2C(=N)N)cc1. The summed E-state index contributed by atoms with van der Waals surface area (Å²) in [6.45, 7) is 6.52. The number of nitrogens with one attached hydrogen (secondary N) is 1. The van der Waals surface area contributed by atoms with Gasteiger partial charge in [-0.25, -0.2) is 0 Å². The summed E-state index contributed by atoms with van der Waals surface area (Å²) in [5.74, 6) is 1.29. The molecule has 0 aliphatic carbocycles. The Labute approximate surface area is 133 Å². The van der Waals surface area contributed by atoms with E-state index in [2.05, 4.69) is 48.8 Å². The molecule has 0 atom stereocenters. The van der Waals surface area contributed by atoms with Crippen LogP contribution in [0, 0.1) is 5.41 Å². The van der Waals surface area contributed by atoms with Crippen LogP contribution in [0.25, 0.3) is 0 Å². The second-order valence-electron chi connectivity index (χ2n) is 5.93. The lowest BCUT2D eigenvalue weighted by Crippen LogP contribution is -2.12. The van der Waals surface area contributed by atoms with Crippen molar-refractivity contribution in [1.82, 2.24) is 0 Å². The summed E-state index contributed by atoms with van der Waals surface area (Å²) >= 11 is 3.37. The molecule has 0 aliphatic rings. The third-order valence-corrected chi connectivity index (χ3v) is 3.67. The molecule has 0 aliphatic heterocycles. The average molecular weight is 347 g/mol. The van der Waals surface area contributed by atoms with E-state index in [1.165, 1.54) is 5.56 Å². The lowest BCUT2D eigenvalue weighted by molar-refractivity contribution is 0.480. The number of hydrogen-bond acceptors (Lipinski definition) is 2. The van der Waals surface area contributed by atoms with Crippen molar-refractivity contribution in [3.8, 4) is 11.5 Å². The fourth-order valence-corrected chi connectivity index (χ4v) is 2.31. The van der Waals surface area contributed by atoms with Crippen LogP contribution < -0.4 is 10.5 Å². The molecule has 2 aromatic rings. The maximum atomic E-state index is 7.63. The summed E-state index contributed by atoms with van der Waals surface area (Å²) in [6.07, 6.45) is 0. The van der Waals surface area contributed by atoms with Crippen LogP contribution in [0.5, 0.6) is 11.5 Å². The molecule has 0 heterocycles. The van der Waals surface area contributed by atoms with Gasteiger partial charge in [-0.15, -0.1) is 0 Å². The second kappa shape index (κ2) is 5.90. The van der Waals surface area contributed by atoms with Crippen LogP contribution in [0.4, 0.5) is 0 Å². The highest BCUT2D eigenvalue weighted by atomic mass is 79.9. The zero-order valence-electron chi connectivity index (χ0n) is 12.4. The van der Waals surface area contributed by atoms with Gasteiger partial charge in [0.05, 0.1) is 5.56 Å².